The summed E-state index contributed by atoms with van der Waals surface area (Å²) < 4.78 is 12.1. The Bertz CT molecular complexity index is 1200. The molecule has 0 saturated carbocycles. The average molecular weight is 452 g/mol. The number of non-ortho nitro benzene ring substituents is 1. The molecule has 1 N–H and O–H groups in total. The fourth-order valence-electron chi connectivity index (χ4n) is 3.33. The highest BCUT2D eigenvalue weighted by atomic mass is 32.2. The minimum absolute atomic E-state index is 0.00700. The molecule has 1 aliphatic heterocycles. The topological polar surface area (TPSA) is 109 Å². The van der Waals surface area contributed by atoms with Crippen molar-refractivity contribution in [1.29, 1.82) is 0 Å². The first-order valence-electron chi connectivity index (χ1n) is 9.64. The molecule has 4 rings (SSSR count). The molecule has 0 saturated heterocycles. The first-order chi connectivity index (χ1) is 15.5. The van der Waals surface area contributed by atoms with Crippen LogP contribution in [0, 0.1) is 10.1 Å². The van der Waals surface area contributed by atoms with Crippen LogP contribution in [0.2, 0.25) is 0 Å². The predicted octanol–water partition coefficient (Wildman–Crippen LogP) is 4.20. The summed E-state index contributed by atoms with van der Waals surface area (Å²) in [4.78, 5) is 23.2. The fourth-order valence-corrected chi connectivity index (χ4v) is 4.37. The molecule has 32 heavy (non-hydrogen) atoms. The number of fused-ring (bicyclic) bond motifs is 1. The van der Waals surface area contributed by atoms with Crippen molar-refractivity contribution >= 4 is 35.3 Å². The van der Waals surface area contributed by atoms with Crippen LogP contribution in [0.3, 0.4) is 0 Å². The first-order valence-corrected chi connectivity index (χ1v) is 10.8. The first kappa shape index (κ1) is 21.4. The van der Waals surface area contributed by atoms with E-state index in [9.17, 15) is 14.9 Å². The van der Waals surface area contributed by atoms with E-state index >= 15 is 0 Å². The number of hydrogen-bond donors (Lipinski definition) is 1. The smallest absolute Gasteiger partial charge is 0.269 e. The van der Waals surface area contributed by atoms with Gasteiger partial charge in [0, 0.05) is 35.3 Å². The van der Waals surface area contributed by atoms with Crippen molar-refractivity contribution in [3.63, 3.8) is 0 Å². The van der Waals surface area contributed by atoms with Crippen molar-refractivity contribution in [2.45, 2.75) is 11.5 Å². The van der Waals surface area contributed by atoms with Crippen molar-refractivity contribution in [2.24, 2.45) is 0 Å². The Balaban J connectivity index is 1.58. The lowest BCUT2D eigenvalue weighted by atomic mass is 10.2. The minimum atomic E-state index is -0.453. The summed E-state index contributed by atoms with van der Waals surface area (Å²) in [7, 11) is 3.11. The molecule has 0 aliphatic carbocycles. The molecule has 0 bridgehead atoms. The molecule has 9 nitrogen and oxygen atoms in total. The minimum Gasteiger partial charge on any atom is -0.493 e. The lowest BCUT2D eigenvalue weighted by molar-refractivity contribution is -0.384. The number of nitro benzene ring substituents is 1. The van der Waals surface area contributed by atoms with Gasteiger partial charge in [0.25, 0.3) is 5.69 Å². The zero-order valence-corrected chi connectivity index (χ0v) is 18.2. The van der Waals surface area contributed by atoms with Gasteiger partial charge in [-0.25, -0.2) is 4.68 Å². The monoisotopic (exact) mass is 452 g/mol. The third-order valence-corrected chi connectivity index (χ3v) is 5.90. The van der Waals surface area contributed by atoms with E-state index in [1.54, 1.807) is 61.0 Å². The molecule has 0 atom stereocenters. The number of nitrogens with one attached hydrogen (secondary N) is 1. The van der Waals surface area contributed by atoms with Gasteiger partial charge < -0.3 is 14.8 Å². The molecule has 10 heteroatoms. The Morgan fingerprint density at radius 3 is 2.59 bits per heavy atom. The molecule has 1 aliphatic rings. The number of anilines is 1. The quantitative estimate of drug-likeness (QED) is 0.325. The van der Waals surface area contributed by atoms with Crippen LogP contribution in [0.15, 0.2) is 48.5 Å². The van der Waals surface area contributed by atoms with Gasteiger partial charge in [-0.3, -0.25) is 14.9 Å². The number of nitrogens with zero attached hydrogens (tertiary/aromatic N) is 3. The number of carbonyl (C=O) groups excluding carboxylic acids is 1. The number of benzene rings is 2. The van der Waals surface area contributed by atoms with E-state index < -0.39 is 4.92 Å². The van der Waals surface area contributed by atoms with Gasteiger partial charge in [0.15, 0.2) is 11.5 Å². The molecule has 1 aromatic heterocycles. The molecule has 2 aromatic carbocycles. The van der Waals surface area contributed by atoms with Crippen molar-refractivity contribution in [2.75, 3.05) is 19.5 Å². The highest BCUT2D eigenvalue weighted by Gasteiger charge is 2.24. The Hall–Kier alpha value is -3.79. The number of nitro groups is 1. The van der Waals surface area contributed by atoms with Crippen LogP contribution in [-0.2, 0) is 16.3 Å². The van der Waals surface area contributed by atoms with Gasteiger partial charge in [0.2, 0.25) is 5.91 Å². The van der Waals surface area contributed by atoms with E-state index in [1.165, 1.54) is 18.2 Å². The third-order valence-electron chi connectivity index (χ3n) is 4.93. The van der Waals surface area contributed by atoms with Crippen molar-refractivity contribution < 1.29 is 19.2 Å². The lowest BCUT2D eigenvalue weighted by Gasteiger charge is -2.10. The third kappa shape index (κ3) is 4.30. The second-order valence-electron chi connectivity index (χ2n) is 6.89. The van der Waals surface area contributed by atoms with E-state index in [1.807, 2.05) is 6.07 Å². The standard InChI is InChI=1S/C22H20N4O5S/c1-30-19-9-3-14(11-20(19)31-2)4-10-21(27)23-22-17-12-32-13-18(17)24-25(22)15-5-7-16(8-6-15)26(28)29/h3-11H,12-13H2,1-2H3,(H,23,27). The highest BCUT2D eigenvalue weighted by molar-refractivity contribution is 7.98. The predicted molar refractivity (Wildman–Crippen MR) is 122 cm³/mol. The number of thioether (sulfide) groups is 1. The number of rotatable bonds is 7. The number of aromatic nitrogens is 2. The summed E-state index contributed by atoms with van der Waals surface area (Å²) in [5, 5.41) is 18.5. The lowest BCUT2D eigenvalue weighted by Crippen LogP contribution is -2.13. The number of hydrogen-bond acceptors (Lipinski definition) is 7. The largest absolute Gasteiger partial charge is 0.493 e. The van der Waals surface area contributed by atoms with Crippen LogP contribution in [0.5, 0.6) is 11.5 Å². The van der Waals surface area contributed by atoms with Crippen LogP contribution in [0.4, 0.5) is 11.5 Å². The molecule has 0 radical (unpaired) electrons. The summed E-state index contributed by atoms with van der Waals surface area (Å²) in [5.74, 6) is 2.91. The van der Waals surface area contributed by atoms with Crippen molar-refractivity contribution in [3.8, 4) is 17.2 Å². The normalized spacial score (nSPS) is 12.6. The Morgan fingerprint density at radius 1 is 1.16 bits per heavy atom. The molecular weight excluding hydrogens is 432 g/mol. The highest BCUT2D eigenvalue weighted by Crippen LogP contribution is 2.36. The van der Waals surface area contributed by atoms with Crippen LogP contribution < -0.4 is 14.8 Å². The molecule has 3 aromatic rings. The van der Waals surface area contributed by atoms with Gasteiger partial charge in [0.1, 0.15) is 5.82 Å². The van der Waals surface area contributed by atoms with E-state index in [4.69, 9.17) is 9.47 Å². The molecule has 0 fully saturated rings. The van der Waals surface area contributed by atoms with Gasteiger partial charge >= 0.3 is 0 Å². The summed E-state index contributed by atoms with van der Waals surface area (Å²) in [6.07, 6.45) is 3.11. The summed E-state index contributed by atoms with van der Waals surface area (Å²) in [5.41, 5.74) is 3.26. The molecule has 1 amide bonds. The Morgan fingerprint density at radius 2 is 1.91 bits per heavy atom. The summed E-state index contributed by atoms with van der Waals surface area (Å²) >= 11 is 1.72. The van der Waals surface area contributed by atoms with Gasteiger partial charge in [-0.05, 0) is 35.9 Å². The van der Waals surface area contributed by atoms with E-state index in [0.717, 1.165) is 28.3 Å². The Labute approximate surface area is 188 Å². The molecule has 0 spiro atoms. The van der Waals surface area contributed by atoms with Gasteiger partial charge in [0.05, 0.1) is 30.5 Å². The van der Waals surface area contributed by atoms with Gasteiger partial charge in [-0.1, -0.05) is 6.07 Å². The van der Waals surface area contributed by atoms with Gasteiger partial charge in [-0.2, -0.15) is 16.9 Å². The van der Waals surface area contributed by atoms with E-state index in [0.29, 0.717) is 23.0 Å². The maximum atomic E-state index is 12.7. The van der Waals surface area contributed by atoms with Crippen molar-refractivity contribution in [3.05, 3.63) is 75.5 Å². The average Bonchev–Trinajstić information content (AvgIpc) is 3.40. The maximum absolute atomic E-state index is 12.7. The number of ether oxygens (including phenoxy) is 2. The zero-order valence-electron chi connectivity index (χ0n) is 17.4. The number of carbonyl (C=O) groups is 1. The van der Waals surface area contributed by atoms with Gasteiger partial charge in [-0.15, -0.1) is 0 Å². The number of methoxy groups -OCH3 is 2. The maximum Gasteiger partial charge on any atom is 0.269 e. The van der Waals surface area contributed by atoms with E-state index in [2.05, 4.69) is 10.4 Å². The second-order valence-corrected chi connectivity index (χ2v) is 7.87. The SMILES string of the molecule is COc1ccc(C=CC(=O)Nc2c3c(nn2-c2ccc([N+](=O)[O-])cc2)CSC3)cc1OC. The van der Waals surface area contributed by atoms with Crippen molar-refractivity contribution in [1.82, 2.24) is 9.78 Å². The Kier molecular flexibility index (Phi) is 6.13. The summed E-state index contributed by atoms with van der Waals surface area (Å²) in [6, 6.07) is 11.4. The molecular formula is C22H20N4O5S. The fraction of sp³-hybridized carbons (Fsp3) is 0.182. The molecule has 2 heterocycles. The van der Waals surface area contributed by atoms with Crippen LogP contribution >= 0.6 is 11.8 Å². The van der Waals surface area contributed by atoms with Crippen LogP contribution in [0.1, 0.15) is 16.8 Å². The van der Waals surface area contributed by atoms with Crippen LogP contribution in [0.25, 0.3) is 11.8 Å². The summed E-state index contributed by atoms with van der Waals surface area (Å²) in [6.45, 7) is 0. The molecule has 164 valence electrons. The van der Waals surface area contributed by atoms with E-state index in [-0.39, 0.29) is 11.6 Å². The molecule has 0 unspecified atom stereocenters. The van der Waals surface area contributed by atoms with Crippen LogP contribution in [-0.4, -0.2) is 34.8 Å². The number of amides is 1. The zero-order chi connectivity index (χ0) is 22.7. The second kappa shape index (κ2) is 9.15.